The maximum Gasteiger partial charge on any atom is 0.250 e. The molecule has 0 aliphatic heterocycles. The highest BCUT2D eigenvalue weighted by atomic mass is 28.4. The van der Waals surface area contributed by atoms with Gasteiger partial charge in [0.05, 0.1) is 5.56 Å². The number of carbonyl (C=O) groups excluding carboxylic acids is 1. The second-order valence-corrected chi connectivity index (χ2v) is 11.6. The summed E-state index contributed by atoms with van der Waals surface area (Å²) in [5.74, 6) is 1.14. The molecule has 1 aromatic rings. The zero-order valence-electron chi connectivity index (χ0n) is 13.2. The van der Waals surface area contributed by atoms with Crippen LogP contribution in [0.4, 0.5) is 0 Å². The third-order valence-electron chi connectivity index (χ3n) is 3.99. The smallest absolute Gasteiger partial charge is 0.250 e. The molecule has 1 aromatic carbocycles. The maximum absolute atomic E-state index is 11.3. The fourth-order valence-corrected chi connectivity index (χ4v) is 2.70. The first kappa shape index (κ1) is 16.0. The van der Waals surface area contributed by atoms with Gasteiger partial charge in [-0.05, 0) is 35.7 Å². The molecule has 0 saturated carbocycles. The van der Waals surface area contributed by atoms with Crippen LogP contribution in [0.5, 0.6) is 5.75 Å². The highest BCUT2D eigenvalue weighted by Crippen LogP contribution is 2.40. The Morgan fingerprint density at radius 3 is 2.21 bits per heavy atom. The number of rotatable bonds is 4. The minimum absolute atomic E-state index is 0.122. The molecule has 0 N–H and O–H groups in total. The van der Waals surface area contributed by atoms with Gasteiger partial charge >= 0.3 is 0 Å². The largest absolute Gasteiger partial charge is 0.543 e. The average molecular weight is 278 g/mol. The number of carbonyl (C=O) groups is 1. The van der Waals surface area contributed by atoms with Crippen LogP contribution in [0.15, 0.2) is 18.2 Å². The van der Waals surface area contributed by atoms with E-state index in [1.165, 1.54) is 0 Å². The third kappa shape index (κ3) is 3.47. The van der Waals surface area contributed by atoms with Crippen molar-refractivity contribution in [3.63, 3.8) is 0 Å². The topological polar surface area (TPSA) is 26.3 Å². The Labute approximate surface area is 118 Å². The predicted molar refractivity (Wildman–Crippen MR) is 83.7 cm³/mol. The Morgan fingerprint density at radius 2 is 1.79 bits per heavy atom. The van der Waals surface area contributed by atoms with E-state index in [0.717, 1.165) is 17.6 Å². The molecule has 0 radical (unpaired) electrons. The van der Waals surface area contributed by atoms with Crippen molar-refractivity contribution in [2.75, 3.05) is 0 Å². The van der Waals surface area contributed by atoms with Crippen molar-refractivity contribution in [1.82, 2.24) is 0 Å². The van der Waals surface area contributed by atoms with Gasteiger partial charge in [-0.3, -0.25) is 4.79 Å². The average Bonchev–Trinajstić information content (AvgIpc) is 2.26. The van der Waals surface area contributed by atoms with Gasteiger partial charge in [0, 0.05) is 0 Å². The van der Waals surface area contributed by atoms with Crippen molar-refractivity contribution in [3.05, 3.63) is 29.3 Å². The van der Waals surface area contributed by atoms with Gasteiger partial charge < -0.3 is 4.43 Å². The van der Waals surface area contributed by atoms with E-state index in [4.69, 9.17) is 4.43 Å². The van der Waals surface area contributed by atoms with Crippen molar-refractivity contribution in [2.45, 2.75) is 58.7 Å². The normalized spacial score (nSPS) is 12.6. The Bertz CT molecular complexity index is 456. The number of benzene rings is 1. The third-order valence-corrected chi connectivity index (χ3v) is 8.32. The minimum atomic E-state index is -1.93. The molecule has 19 heavy (non-hydrogen) atoms. The standard InChI is InChI=1S/C16H26O2Si/c1-12(2)14-10-8-9-13(11-17)15(14)18-19(6,7)16(3,4)5/h8-12H,1-7H3. The number of hydrogen-bond acceptors (Lipinski definition) is 2. The lowest BCUT2D eigenvalue weighted by atomic mass is 10.00. The van der Waals surface area contributed by atoms with Crippen LogP contribution in [0, 0.1) is 0 Å². The molecule has 1 rings (SSSR count). The first-order chi connectivity index (χ1) is 8.60. The molecule has 0 saturated heterocycles. The van der Waals surface area contributed by atoms with Crippen LogP contribution in [-0.2, 0) is 0 Å². The molecule has 0 aliphatic rings. The van der Waals surface area contributed by atoms with E-state index in [9.17, 15) is 4.79 Å². The lowest BCUT2D eigenvalue weighted by Gasteiger charge is -2.37. The van der Waals surface area contributed by atoms with Crippen molar-refractivity contribution in [1.29, 1.82) is 0 Å². The highest BCUT2D eigenvalue weighted by molar-refractivity contribution is 6.74. The molecule has 3 heteroatoms. The fraction of sp³-hybridized carbons (Fsp3) is 0.562. The molecule has 0 heterocycles. The first-order valence-corrected chi connectivity index (χ1v) is 9.78. The van der Waals surface area contributed by atoms with Crippen LogP contribution in [0.3, 0.4) is 0 Å². The predicted octanol–water partition coefficient (Wildman–Crippen LogP) is 5.01. The van der Waals surface area contributed by atoms with E-state index >= 15 is 0 Å². The first-order valence-electron chi connectivity index (χ1n) is 6.87. The summed E-state index contributed by atoms with van der Waals surface area (Å²) >= 11 is 0. The second-order valence-electron chi connectivity index (χ2n) is 6.90. The van der Waals surface area contributed by atoms with Crippen LogP contribution in [-0.4, -0.2) is 14.6 Å². The molecule has 0 amide bonds. The molecular formula is C16H26O2Si. The van der Waals surface area contributed by atoms with Gasteiger partial charge in [0.25, 0.3) is 8.32 Å². The van der Waals surface area contributed by atoms with Crippen LogP contribution >= 0.6 is 0 Å². The van der Waals surface area contributed by atoms with Crippen molar-refractivity contribution in [3.8, 4) is 5.75 Å². The van der Waals surface area contributed by atoms with Gasteiger partial charge in [-0.2, -0.15) is 0 Å². The lowest BCUT2D eigenvalue weighted by molar-refractivity contribution is 0.112. The van der Waals surface area contributed by atoms with E-state index in [0.29, 0.717) is 11.5 Å². The SMILES string of the molecule is CC(C)c1cccc(C=O)c1O[Si](C)(C)C(C)(C)C. The van der Waals surface area contributed by atoms with Crippen molar-refractivity contribution in [2.24, 2.45) is 0 Å². The van der Waals surface area contributed by atoms with Gasteiger partial charge in [0.15, 0.2) is 6.29 Å². The summed E-state index contributed by atoms with van der Waals surface area (Å²) in [6.45, 7) is 15.3. The summed E-state index contributed by atoms with van der Waals surface area (Å²) in [7, 11) is -1.93. The molecule has 2 nitrogen and oxygen atoms in total. The maximum atomic E-state index is 11.3. The molecule has 106 valence electrons. The van der Waals surface area contributed by atoms with E-state index < -0.39 is 8.32 Å². The lowest BCUT2D eigenvalue weighted by Crippen LogP contribution is -2.44. The summed E-state index contributed by atoms with van der Waals surface area (Å²) in [6.07, 6.45) is 0.897. The fourth-order valence-electron chi connectivity index (χ4n) is 1.65. The van der Waals surface area contributed by atoms with Crippen LogP contribution < -0.4 is 4.43 Å². The highest BCUT2D eigenvalue weighted by Gasteiger charge is 2.39. The van der Waals surface area contributed by atoms with E-state index in [1.54, 1.807) is 0 Å². The van der Waals surface area contributed by atoms with Crippen molar-refractivity contribution >= 4 is 14.6 Å². The molecule has 0 aliphatic carbocycles. The molecular weight excluding hydrogens is 252 g/mol. The summed E-state index contributed by atoms with van der Waals surface area (Å²) in [6, 6.07) is 5.82. The quantitative estimate of drug-likeness (QED) is 0.572. The number of hydrogen-bond donors (Lipinski definition) is 0. The van der Waals surface area contributed by atoms with Gasteiger partial charge in [-0.25, -0.2) is 0 Å². The van der Waals surface area contributed by atoms with Crippen molar-refractivity contribution < 1.29 is 9.22 Å². The van der Waals surface area contributed by atoms with Gasteiger partial charge in [0.2, 0.25) is 0 Å². The Balaban J connectivity index is 3.30. The zero-order chi connectivity index (χ0) is 14.8. The Kier molecular flexibility index (Phi) is 4.61. The van der Waals surface area contributed by atoms with E-state index in [1.807, 2.05) is 12.1 Å². The molecule has 0 aromatic heterocycles. The monoisotopic (exact) mass is 278 g/mol. The Hall–Kier alpha value is -1.09. The van der Waals surface area contributed by atoms with Gasteiger partial charge in [0.1, 0.15) is 5.75 Å². The molecule has 0 spiro atoms. The second kappa shape index (κ2) is 5.49. The van der Waals surface area contributed by atoms with E-state index in [-0.39, 0.29) is 5.04 Å². The number of aldehydes is 1. The summed E-state index contributed by atoms with van der Waals surface area (Å²) in [5.41, 5.74) is 1.78. The summed E-state index contributed by atoms with van der Waals surface area (Å²) in [5, 5.41) is 0.122. The molecule has 0 bridgehead atoms. The summed E-state index contributed by atoms with van der Waals surface area (Å²) < 4.78 is 6.39. The van der Waals surface area contributed by atoms with E-state index in [2.05, 4.69) is 53.8 Å². The molecule has 0 unspecified atom stereocenters. The van der Waals surface area contributed by atoms with Gasteiger partial charge in [-0.1, -0.05) is 46.8 Å². The zero-order valence-corrected chi connectivity index (χ0v) is 14.2. The minimum Gasteiger partial charge on any atom is -0.543 e. The van der Waals surface area contributed by atoms with Crippen LogP contribution in [0.25, 0.3) is 0 Å². The van der Waals surface area contributed by atoms with Gasteiger partial charge in [-0.15, -0.1) is 0 Å². The summed E-state index contributed by atoms with van der Waals surface area (Å²) in [4.78, 5) is 11.3. The van der Waals surface area contributed by atoms with Crippen LogP contribution in [0.2, 0.25) is 18.1 Å². The molecule has 0 atom stereocenters. The van der Waals surface area contributed by atoms with Crippen LogP contribution in [0.1, 0.15) is 56.5 Å². The Morgan fingerprint density at radius 1 is 1.21 bits per heavy atom. The number of para-hydroxylation sites is 1. The molecule has 0 fully saturated rings.